The maximum atomic E-state index is 14.7. The summed E-state index contributed by atoms with van der Waals surface area (Å²) in [6.45, 7) is 11.6. The lowest BCUT2D eigenvalue weighted by molar-refractivity contribution is -0.907. The van der Waals surface area contributed by atoms with Crippen molar-refractivity contribution < 1.29 is 33.5 Å². The van der Waals surface area contributed by atoms with Gasteiger partial charge in [-0.05, 0) is 48.6 Å². The molecular formula is C29H35FN2O5. The standard InChI is InChI=1S/C29H35FN2O5/c1-18(2)20-5-7-21(8-6-20)26-25(27(33)22-9-10-24(23(30)17-22)37-19(3)4)28(34)29(35)32(26)12-11-31-13-15-36-16-14-31/h5-10,17-19,26,33H,11-16H2,1-4H3. The zero-order valence-electron chi connectivity index (χ0n) is 21.9. The molecule has 0 aromatic heterocycles. The van der Waals surface area contributed by atoms with Gasteiger partial charge in [0.1, 0.15) is 13.1 Å². The van der Waals surface area contributed by atoms with E-state index >= 15 is 0 Å². The van der Waals surface area contributed by atoms with Gasteiger partial charge in [-0.2, -0.15) is 0 Å². The highest BCUT2D eigenvalue weighted by Crippen LogP contribution is 2.39. The van der Waals surface area contributed by atoms with Gasteiger partial charge in [0, 0.05) is 5.57 Å². The lowest BCUT2D eigenvalue weighted by atomic mass is 9.93. The van der Waals surface area contributed by atoms with E-state index in [9.17, 15) is 19.1 Å². The number of Topliss-reactive ketones (excluding diaryl/α,β-unsaturated/α-hetero) is 1. The number of likely N-dealkylation sites (tertiary alicyclic amines) is 1. The Kier molecular flexibility index (Phi) is 8.29. The second kappa shape index (κ2) is 11.4. The Hall–Kier alpha value is -3.23. The molecule has 7 nitrogen and oxygen atoms in total. The van der Waals surface area contributed by atoms with Gasteiger partial charge in [-0.25, -0.2) is 4.39 Å². The normalized spacial score (nSPS) is 20.3. The van der Waals surface area contributed by atoms with E-state index in [2.05, 4.69) is 13.8 Å². The smallest absolute Gasteiger partial charge is 0.295 e. The second-order valence-electron chi connectivity index (χ2n) is 10.2. The molecule has 37 heavy (non-hydrogen) atoms. The van der Waals surface area contributed by atoms with Crippen molar-refractivity contribution in [1.29, 1.82) is 0 Å². The number of rotatable bonds is 8. The fraction of sp³-hybridized carbons (Fsp3) is 0.448. The summed E-state index contributed by atoms with van der Waals surface area (Å²) in [5.74, 6) is -2.53. The highest BCUT2D eigenvalue weighted by molar-refractivity contribution is 6.46. The van der Waals surface area contributed by atoms with E-state index in [1.54, 1.807) is 13.8 Å². The van der Waals surface area contributed by atoms with E-state index in [-0.39, 0.29) is 23.0 Å². The van der Waals surface area contributed by atoms with Crippen molar-refractivity contribution >= 4 is 17.4 Å². The van der Waals surface area contributed by atoms with Gasteiger partial charge < -0.3 is 24.4 Å². The zero-order valence-corrected chi connectivity index (χ0v) is 21.9. The van der Waals surface area contributed by atoms with E-state index < -0.39 is 29.3 Å². The molecule has 1 amide bonds. The summed E-state index contributed by atoms with van der Waals surface area (Å²) in [6, 6.07) is 10.7. The first-order chi connectivity index (χ1) is 17.7. The topological polar surface area (TPSA) is 83.3 Å². The maximum Gasteiger partial charge on any atom is 0.295 e. The Bertz CT molecular complexity index is 1170. The van der Waals surface area contributed by atoms with E-state index in [0.717, 1.165) is 24.7 Å². The van der Waals surface area contributed by atoms with Crippen LogP contribution in [0.15, 0.2) is 48.0 Å². The summed E-state index contributed by atoms with van der Waals surface area (Å²) >= 11 is 0. The largest absolute Gasteiger partial charge is 0.872 e. The van der Waals surface area contributed by atoms with Gasteiger partial charge in [-0.15, -0.1) is 0 Å². The molecule has 1 unspecified atom stereocenters. The first kappa shape index (κ1) is 26.8. The number of hydrogen-bond donors (Lipinski definition) is 1. The summed E-state index contributed by atoms with van der Waals surface area (Å²) in [5.41, 5.74) is 1.66. The number of benzene rings is 2. The van der Waals surface area contributed by atoms with Gasteiger partial charge in [0.15, 0.2) is 11.6 Å². The summed E-state index contributed by atoms with van der Waals surface area (Å²) in [7, 11) is 0. The van der Waals surface area contributed by atoms with E-state index in [0.29, 0.717) is 37.8 Å². The van der Waals surface area contributed by atoms with Crippen LogP contribution in [-0.2, 0) is 14.3 Å². The minimum absolute atomic E-state index is 0.00853. The number of carbonyl (C=O) groups is 2. The summed E-state index contributed by atoms with van der Waals surface area (Å²) < 4.78 is 25.6. The average molecular weight is 511 g/mol. The third-order valence-electron chi connectivity index (χ3n) is 6.91. The maximum absolute atomic E-state index is 14.7. The van der Waals surface area contributed by atoms with Crippen LogP contribution in [-0.4, -0.2) is 62.1 Å². The molecule has 198 valence electrons. The minimum Gasteiger partial charge on any atom is -0.872 e. The first-order valence-electron chi connectivity index (χ1n) is 12.9. The molecule has 2 aliphatic heterocycles. The fourth-order valence-electron chi connectivity index (χ4n) is 4.85. The predicted molar refractivity (Wildman–Crippen MR) is 135 cm³/mol. The average Bonchev–Trinajstić information content (AvgIpc) is 3.13. The summed E-state index contributed by atoms with van der Waals surface area (Å²) in [6.07, 6.45) is -0.236. The molecular weight excluding hydrogens is 475 g/mol. The summed E-state index contributed by atoms with van der Waals surface area (Å²) in [5, 5.41) is 13.6. The molecule has 2 heterocycles. The lowest BCUT2D eigenvalue weighted by Crippen LogP contribution is -3.14. The van der Waals surface area contributed by atoms with Crippen molar-refractivity contribution in [3.8, 4) is 5.75 Å². The molecule has 1 atom stereocenters. The minimum atomic E-state index is -0.831. The van der Waals surface area contributed by atoms with Crippen molar-refractivity contribution in [1.82, 2.24) is 4.90 Å². The molecule has 0 spiro atoms. The Labute approximate surface area is 217 Å². The van der Waals surface area contributed by atoms with E-state index in [1.165, 1.54) is 21.9 Å². The van der Waals surface area contributed by atoms with Crippen molar-refractivity contribution in [2.24, 2.45) is 0 Å². The van der Waals surface area contributed by atoms with E-state index in [1.807, 2.05) is 24.3 Å². The molecule has 0 saturated carbocycles. The molecule has 4 rings (SSSR count). The van der Waals surface area contributed by atoms with Gasteiger partial charge in [-0.1, -0.05) is 49.9 Å². The molecule has 2 saturated heterocycles. The Balaban J connectivity index is 1.73. The predicted octanol–water partition coefficient (Wildman–Crippen LogP) is 1.88. The molecule has 1 N–H and O–H groups in total. The quantitative estimate of drug-likeness (QED) is 0.333. The zero-order chi connectivity index (χ0) is 26.7. The number of ether oxygens (including phenoxy) is 2. The fourth-order valence-corrected chi connectivity index (χ4v) is 4.85. The van der Waals surface area contributed by atoms with E-state index in [4.69, 9.17) is 9.47 Å². The van der Waals surface area contributed by atoms with Crippen LogP contribution in [0.1, 0.15) is 56.3 Å². The Morgan fingerprint density at radius 2 is 1.78 bits per heavy atom. The van der Waals surface area contributed by atoms with Crippen LogP contribution in [0, 0.1) is 5.82 Å². The monoisotopic (exact) mass is 510 g/mol. The molecule has 2 aromatic carbocycles. The van der Waals surface area contributed by atoms with Crippen LogP contribution >= 0.6 is 0 Å². The van der Waals surface area contributed by atoms with Gasteiger partial charge >= 0.3 is 0 Å². The van der Waals surface area contributed by atoms with Crippen LogP contribution in [0.25, 0.3) is 5.76 Å². The molecule has 8 heteroatoms. The van der Waals surface area contributed by atoms with Crippen LogP contribution in [0.3, 0.4) is 0 Å². The Morgan fingerprint density at radius 1 is 1.11 bits per heavy atom. The van der Waals surface area contributed by atoms with Crippen molar-refractivity contribution in [3.05, 3.63) is 70.5 Å². The number of morpholine rings is 1. The molecule has 0 radical (unpaired) electrons. The molecule has 2 aromatic rings. The number of halogens is 1. The Morgan fingerprint density at radius 3 is 2.38 bits per heavy atom. The van der Waals surface area contributed by atoms with Gasteiger partial charge in [-0.3, -0.25) is 9.59 Å². The third-order valence-corrected chi connectivity index (χ3v) is 6.91. The van der Waals surface area contributed by atoms with Gasteiger partial charge in [0.25, 0.3) is 5.91 Å². The van der Waals surface area contributed by atoms with Crippen LogP contribution in [0.5, 0.6) is 5.75 Å². The number of ketones is 1. The number of carbonyl (C=O) groups excluding carboxylic acids is 2. The molecule has 2 fully saturated rings. The van der Waals surface area contributed by atoms with Crippen molar-refractivity contribution in [2.75, 3.05) is 39.4 Å². The van der Waals surface area contributed by atoms with Crippen LogP contribution in [0.2, 0.25) is 0 Å². The van der Waals surface area contributed by atoms with Crippen molar-refractivity contribution in [2.45, 2.75) is 45.8 Å². The lowest BCUT2D eigenvalue weighted by Gasteiger charge is -2.30. The van der Waals surface area contributed by atoms with Crippen LogP contribution < -0.4 is 14.7 Å². The number of hydrogen-bond acceptors (Lipinski definition) is 5. The van der Waals surface area contributed by atoms with Crippen molar-refractivity contribution in [3.63, 3.8) is 0 Å². The SMILES string of the molecule is CC(C)Oc1ccc(C([O-])=C2C(=O)C(=O)N(CC[NH+]3CCOCC3)C2c2ccc(C(C)C)cc2)cc1F. The number of quaternary nitrogens is 1. The highest BCUT2D eigenvalue weighted by atomic mass is 19.1. The second-order valence-corrected chi connectivity index (χ2v) is 10.2. The van der Waals surface area contributed by atoms with Gasteiger partial charge in [0.2, 0.25) is 5.78 Å². The van der Waals surface area contributed by atoms with Crippen LogP contribution in [0.4, 0.5) is 4.39 Å². The number of nitrogens with one attached hydrogen (secondary N) is 1. The number of amides is 1. The third kappa shape index (κ3) is 5.86. The molecule has 0 aliphatic carbocycles. The number of nitrogens with zero attached hydrogens (tertiary/aromatic N) is 1. The summed E-state index contributed by atoms with van der Waals surface area (Å²) in [4.78, 5) is 29.2. The first-order valence-corrected chi connectivity index (χ1v) is 12.9. The molecule has 0 bridgehead atoms. The highest BCUT2D eigenvalue weighted by Gasteiger charge is 2.44. The molecule has 2 aliphatic rings. The van der Waals surface area contributed by atoms with Gasteiger partial charge in [0.05, 0.1) is 38.4 Å².